The maximum absolute atomic E-state index is 12.9. The number of para-hydroxylation sites is 1. The summed E-state index contributed by atoms with van der Waals surface area (Å²) in [5, 5.41) is 4.84. The number of carbonyl (C=O) groups excluding carboxylic acids is 2. The fourth-order valence-electron chi connectivity index (χ4n) is 4.36. The molecule has 1 N–H and O–H groups in total. The number of anilines is 2. The van der Waals surface area contributed by atoms with Gasteiger partial charge in [-0.2, -0.15) is 0 Å². The largest absolute Gasteiger partial charge is 0.368 e. The zero-order chi connectivity index (χ0) is 22.2. The Labute approximate surface area is 195 Å². The molecule has 9 heteroatoms. The van der Waals surface area contributed by atoms with E-state index >= 15 is 0 Å². The molecule has 3 aromatic rings. The van der Waals surface area contributed by atoms with E-state index in [0.717, 1.165) is 29.7 Å². The van der Waals surface area contributed by atoms with Crippen molar-refractivity contribution in [3.05, 3.63) is 58.3 Å². The van der Waals surface area contributed by atoms with Gasteiger partial charge in [0, 0.05) is 48.7 Å². The van der Waals surface area contributed by atoms with E-state index < -0.39 is 6.04 Å². The second-order valence-electron chi connectivity index (χ2n) is 8.01. The van der Waals surface area contributed by atoms with Crippen LogP contribution in [0.4, 0.5) is 11.5 Å². The topological polar surface area (TPSA) is 70.5 Å². The molecule has 0 saturated carbocycles. The van der Waals surface area contributed by atoms with E-state index in [9.17, 15) is 9.59 Å². The Morgan fingerprint density at radius 1 is 1.09 bits per heavy atom. The molecule has 2 aromatic carbocycles. The van der Waals surface area contributed by atoms with Crippen molar-refractivity contribution in [2.75, 3.05) is 36.4 Å². The number of halogens is 1. The van der Waals surface area contributed by atoms with E-state index in [0.29, 0.717) is 36.8 Å². The van der Waals surface area contributed by atoms with E-state index in [1.807, 2.05) is 53.4 Å². The average Bonchev–Trinajstić information content (AvgIpc) is 3.15. The van der Waals surface area contributed by atoms with E-state index in [2.05, 4.69) is 15.2 Å². The third kappa shape index (κ3) is 3.84. The molecule has 0 aliphatic carbocycles. The Morgan fingerprint density at radius 3 is 2.56 bits per heavy atom. The fourth-order valence-corrected chi connectivity index (χ4v) is 4.76. The minimum atomic E-state index is -0.483. The third-order valence-corrected chi connectivity index (χ3v) is 6.62. The van der Waals surface area contributed by atoms with Crippen molar-refractivity contribution in [2.45, 2.75) is 18.9 Å². The Bertz CT molecular complexity index is 1250. The van der Waals surface area contributed by atoms with Gasteiger partial charge in [0.15, 0.2) is 0 Å². The molecule has 32 heavy (non-hydrogen) atoms. The zero-order valence-electron chi connectivity index (χ0n) is 17.3. The Hall–Kier alpha value is -2.97. The van der Waals surface area contributed by atoms with Crippen molar-refractivity contribution in [3.8, 4) is 0 Å². The van der Waals surface area contributed by atoms with Crippen LogP contribution in [0, 0.1) is 4.77 Å². The number of amides is 1. The summed E-state index contributed by atoms with van der Waals surface area (Å²) in [5.41, 5.74) is 1.86. The van der Waals surface area contributed by atoms with Crippen LogP contribution in [0.5, 0.6) is 0 Å². The van der Waals surface area contributed by atoms with Gasteiger partial charge in [0.25, 0.3) is 5.91 Å². The van der Waals surface area contributed by atoms with E-state index in [-0.39, 0.29) is 16.6 Å². The highest BCUT2D eigenvalue weighted by atomic mass is 35.5. The number of aromatic nitrogens is 2. The normalized spacial score (nSPS) is 18.0. The first kappa shape index (κ1) is 20.9. The molecule has 3 heterocycles. The SMILES string of the molecule is O=C(CCC1Nc2c3ccccc3nc(=S)n2C1=O)N1CCN(c2ccc(Cl)cc2)CC1. The lowest BCUT2D eigenvalue weighted by atomic mass is 10.1. The van der Waals surface area contributed by atoms with Crippen LogP contribution < -0.4 is 10.2 Å². The predicted octanol–water partition coefficient (Wildman–Crippen LogP) is 3.98. The van der Waals surface area contributed by atoms with Crippen molar-refractivity contribution >= 4 is 58.0 Å². The number of hydrogen-bond acceptors (Lipinski definition) is 6. The molecule has 2 aliphatic rings. The number of nitrogens with one attached hydrogen (secondary N) is 1. The first-order chi connectivity index (χ1) is 15.5. The lowest BCUT2D eigenvalue weighted by Gasteiger charge is -2.36. The lowest BCUT2D eigenvalue weighted by Crippen LogP contribution is -2.49. The molecule has 1 aromatic heterocycles. The summed E-state index contributed by atoms with van der Waals surface area (Å²) < 4.78 is 1.70. The van der Waals surface area contributed by atoms with Crippen LogP contribution in [-0.4, -0.2) is 58.5 Å². The van der Waals surface area contributed by atoms with E-state index in [4.69, 9.17) is 23.8 Å². The van der Waals surface area contributed by atoms with Crippen LogP contribution in [0.2, 0.25) is 5.02 Å². The first-order valence-corrected chi connectivity index (χ1v) is 11.4. The maximum atomic E-state index is 12.9. The summed E-state index contributed by atoms with van der Waals surface area (Å²) in [4.78, 5) is 34.2. The highest BCUT2D eigenvalue weighted by molar-refractivity contribution is 7.71. The molecule has 1 fully saturated rings. The van der Waals surface area contributed by atoms with Crippen LogP contribution >= 0.6 is 23.8 Å². The minimum absolute atomic E-state index is 0.0675. The van der Waals surface area contributed by atoms with Gasteiger partial charge in [-0.3, -0.25) is 9.59 Å². The molecule has 1 unspecified atom stereocenters. The number of carbonyl (C=O) groups is 2. The molecule has 7 nitrogen and oxygen atoms in total. The second kappa shape index (κ2) is 8.52. The van der Waals surface area contributed by atoms with Gasteiger partial charge in [-0.15, -0.1) is 0 Å². The third-order valence-electron chi connectivity index (χ3n) is 6.09. The number of hydrogen-bond donors (Lipinski definition) is 1. The zero-order valence-corrected chi connectivity index (χ0v) is 18.9. The van der Waals surface area contributed by atoms with Gasteiger partial charge >= 0.3 is 0 Å². The molecule has 5 rings (SSSR count). The van der Waals surface area contributed by atoms with Gasteiger partial charge in [0.1, 0.15) is 11.9 Å². The molecule has 1 atom stereocenters. The van der Waals surface area contributed by atoms with Crippen LogP contribution in [0.1, 0.15) is 17.6 Å². The van der Waals surface area contributed by atoms with Crippen LogP contribution in [0.15, 0.2) is 48.5 Å². The number of piperazine rings is 1. The van der Waals surface area contributed by atoms with E-state index in [1.165, 1.54) is 4.57 Å². The number of fused-ring (bicyclic) bond motifs is 3. The quantitative estimate of drug-likeness (QED) is 0.585. The highest BCUT2D eigenvalue weighted by Crippen LogP contribution is 2.29. The molecule has 164 valence electrons. The molecule has 1 amide bonds. The molecule has 2 aliphatic heterocycles. The molecule has 1 saturated heterocycles. The number of nitrogens with zero attached hydrogens (tertiary/aromatic N) is 4. The summed E-state index contributed by atoms with van der Waals surface area (Å²) >= 11 is 11.3. The van der Waals surface area contributed by atoms with Crippen LogP contribution in [-0.2, 0) is 4.79 Å². The van der Waals surface area contributed by atoms with Gasteiger partial charge in [0.2, 0.25) is 10.7 Å². The standard InChI is InChI=1S/C23H22ClN5O2S/c24-15-5-7-16(8-6-15)27-11-13-28(14-12-27)20(30)10-9-19-22(31)29-21(25-19)17-3-1-2-4-18(17)26-23(29)32/h1-8,19,25H,9-14H2. The van der Waals surface area contributed by atoms with Crippen molar-refractivity contribution in [1.29, 1.82) is 0 Å². The number of rotatable bonds is 4. The van der Waals surface area contributed by atoms with Gasteiger partial charge in [-0.25, -0.2) is 9.55 Å². The van der Waals surface area contributed by atoms with Crippen molar-refractivity contribution in [1.82, 2.24) is 14.5 Å². The summed E-state index contributed by atoms with van der Waals surface area (Å²) in [5.74, 6) is 0.584. The Morgan fingerprint density at radius 2 is 1.81 bits per heavy atom. The van der Waals surface area contributed by atoms with Gasteiger partial charge in [0.05, 0.1) is 5.52 Å². The van der Waals surface area contributed by atoms with Crippen molar-refractivity contribution in [3.63, 3.8) is 0 Å². The molecular formula is C23H22ClN5O2S. The summed E-state index contributed by atoms with van der Waals surface area (Å²) in [6, 6.07) is 14.9. The molecular weight excluding hydrogens is 446 g/mol. The van der Waals surface area contributed by atoms with Gasteiger partial charge in [-0.1, -0.05) is 23.7 Å². The summed E-state index contributed by atoms with van der Waals surface area (Å²) in [6.07, 6.45) is 0.719. The predicted molar refractivity (Wildman–Crippen MR) is 128 cm³/mol. The summed E-state index contributed by atoms with van der Waals surface area (Å²) in [6.45, 7) is 2.86. The van der Waals surface area contributed by atoms with Crippen LogP contribution in [0.3, 0.4) is 0 Å². The maximum Gasteiger partial charge on any atom is 0.257 e. The average molecular weight is 468 g/mol. The first-order valence-electron chi connectivity index (χ1n) is 10.6. The molecule has 0 spiro atoms. The molecule has 0 bridgehead atoms. The van der Waals surface area contributed by atoms with Crippen molar-refractivity contribution < 1.29 is 9.59 Å². The fraction of sp³-hybridized carbons (Fsp3) is 0.304. The molecule has 0 radical (unpaired) electrons. The van der Waals surface area contributed by atoms with Gasteiger partial charge in [-0.05, 0) is 55.0 Å². The highest BCUT2D eigenvalue weighted by Gasteiger charge is 2.32. The monoisotopic (exact) mass is 467 g/mol. The Kier molecular flexibility index (Phi) is 5.57. The van der Waals surface area contributed by atoms with Crippen molar-refractivity contribution in [2.24, 2.45) is 0 Å². The van der Waals surface area contributed by atoms with Gasteiger partial charge < -0.3 is 15.1 Å². The van der Waals surface area contributed by atoms with E-state index in [1.54, 1.807) is 0 Å². The Balaban J connectivity index is 1.20. The second-order valence-corrected chi connectivity index (χ2v) is 8.82. The minimum Gasteiger partial charge on any atom is -0.368 e. The van der Waals surface area contributed by atoms with Crippen LogP contribution in [0.25, 0.3) is 10.9 Å². The lowest BCUT2D eigenvalue weighted by molar-refractivity contribution is -0.131. The smallest absolute Gasteiger partial charge is 0.257 e. The number of benzene rings is 2. The summed E-state index contributed by atoms with van der Waals surface area (Å²) in [7, 11) is 0.